The van der Waals surface area contributed by atoms with Crippen LogP contribution in [-0.4, -0.2) is 33.1 Å². The molecule has 0 radical (unpaired) electrons. The highest BCUT2D eigenvalue weighted by molar-refractivity contribution is 6.18. The lowest BCUT2D eigenvalue weighted by molar-refractivity contribution is -0.389. The number of nitrogens with zero attached hydrogens (tertiary/aromatic N) is 2. The fourth-order valence-corrected chi connectivity index (χ4v) is 2.15. The summed E-state index contributed by atoms with van der Waals surface area (Å²) >= 11 is 5.74. The Kier molecular flexibility index (Phi) is 4.94. The maximum Gasteiger partial charge on any atom is 0.321 e. The summed E-state index contributed by atoms with van der Waals surface area (Å²) in [5, 5.41) is 10.7. The quantitative estimate of drug-likeness (QED) is 0.506. The number of aromatic nitrogens is 1. The zero-order chi connectivity index (χ0) is 15.2. The molecule has 0 aliphatic heterocycles. The van der Waals surface area contributed by atoms with Gasteiger partial charge in [0.05, 0.1) is 0 Å². The third-order valence-electron chi connectivity index (χ3n) is 2.96. The molecule has 1 aromatic carbocycles. The van der Waals surface area contributed by atoms with Gasteiger partial charge < -0.3 is 15.0 Å². The van der Waals surface area contributed by atoms with E-state index in [0.717, 1.165) is 5.56 Å². The van der Waals surface area contributed by atoms with Crippen molar-refractivity contribution < 1.29 is 9.72 Å². The van der Waals surface area contributed by atoms with E-state index in [0.29, 0.717) is 19.0 Å². The Morgan fingerprint density at radius 3 is 2.52 bits per heavy atom. The number of aromatic amines is 1. The largest absolute Gasteiger partial charge is 0.358 e. The van der Waals surface area contributed by atoms with Crippen LogP contribution in [0.15, 0.2) is 42.5 Å². The van der Waals surface area contributed by atoms with Gasteiger partial charge in [0.25, 0.3) is 5.91 Å². The van der Waals surface area contributed by atoms with Crippen molar-refractivity contribution in [1.29, 1.82) is 0 Å². The smallest absolute Gasteiger partial charge is 0.321 e. The van der Waals surface area contributed by atoms with E-state index in [1.54, 1.807) is 4.90 Å². The first-order valence-electron chi connectivity index (χ1n) is 6.34. The Hall–Kier alpha value is -2.34. The second kappa shape index (κ2) is 6.90. The zero-order valence-electron chi connectivity index (χ0n) is 11.2. The number of amides is 1. The van der Waals surface area contributed by atoms with Crippen LogP contribution in [-0.2, 0) is 6.54 Å². The number of hydrogen-bond acceptors (Lipinski definition) is 3. The van der Waals surface area contributed by atoms with Gasteiger partial charge in [-0.15, -0.1) is 11.6 Å². The Labute approximate surface area is 126 Å². The lowest BCUT2D eigenvalue weighted by Gasteiger charge is -2.20. The Balaban J connectivity index is 2.16. The number of H-pyrrole nitrogens is 1. The van der Waals surface area contributed by atoms with Gasteiger partial charge in [0.1, 0.15) is 0 Å². The molecule has 2 aromatic rings. The maximum atomic E-state index is 12.4. The third-order valence-corrected chi connectivity index (χ3v) is 3.12. The van der Waals surface area contributed by atoms with Crippen LogP contribution in [0.1, 0.15) is 16.1 Å². The number of carbonyl (C=O) groups excluding carboxylic acids is 1. The van der Waals surface area contributed by atoms with Crippen LogP contribution in [0.2, 0.25) is 0 Å². The Bertz CT molecular complexity index is 627. The van der Waals surface area contributed by atoms with E-state index in [9.17, 15) is 14.9 Å². The molecule has 110 valence electrons. The molecular weight excluding hydrogens is 294 g/mol. The second-order valence-electron chi connectivity index (χ2n) is 4.42. The Morgan fingerprint density at radius 2 is 1.95 bits per heavy atom. The van der Waals surface area contributed by atoms with Crippen molar-refractivity contribution in [3.8, 4) is 0 Å². The van der Waals surface area contributed by atoms with Gasteiger partial charge in [-0.25, -0.2) is 4.98 Å². The minimum Gasteiger partial charge on any atom is -0.358 e. The van der Waals surface area contributed by atoms with Crippen LogP contribution >= 0.6 is 11.6 Å². The van der Waals surface area contributed by atoms with Gasteiger partial charge in [-0.2, -0.15) is 0 Å². The second-order valence-corrected chi connectivity index (χ2v) is 4.79. The van der Waals surface area contributed by atoms with Crippen molar-refractivity contribution in [3.63, 3.8) is 0 Å². The molecule has 21 heavy (non-hydrogen) atoms. The number of hydrogen-bond donors (Lipinski definition) is 1. The lowest BCUT2D eigenvalue weighted by Crippen LogP contribution is -2.32. The van der Waals surface area contributed by atoms with E-state index in [-0.39, 0.29) is 17.4 Å². The first-order valence-corrected chi connectivity index (χ1v) is 6.88. The monoisotopic (exact) mass is 307 g/mol. The molecule has 0 aliphatic carbocycles. The highest BCUT2D eigenvalue weighted by atomic mass is 35.5. The van der Waals surface area contributed by atoms with Crippen molar-refractivity contribution in [2.45, 2.75) is 6.54 Å². The van der Waals surface area contributed by atoms with Crippen LogP contribution in [0.4, 0.5) is 5.82 Å². The number of carbonyl (C=O) groups is 1. The molecule has 1 N–H and O–H groups in total. The summed E-state index contributed by atoms with van der Waals surface area (Å²) in [4.78, 5) is 26.5. The molecule has 0 bridgehead atoms. The molecule has 1 heterocycles. The molecule has 6 nitrogen and oxygen atoms in total. The highest BCUT2D eigenvalue weighted by Gasteiger charge is 2.21. The summed E-state index contributed by atoms with van der Waals surface area (Å²) < 4.78 is 0. The Morgan fingerprint density at radius 1 is 1.24 bits per heavy atom. The summed E-state index contributed by atoms with van der Waals surface area (Å²) in [7, 11) is 0. The van der Waals surface area contributed by atoms with E-state index in [1.165, 1.54) is 12.1 Å². The van der Waals surface area contributed by atoms with E-state index in [1.807, 2.05) is 30.3 Å². The average molecular weight is 308 g/mol. The van der Waals surface area contributed by atoms with Crippen LogP contribution in [0.25, 0.3) is 0 Å². The van der Waals surface area contributed by atoms with Gasteiger partial charge >= 0.3 is 5.82 Å². The van der Waals surface area contributed by atoms with Crippen molar-refractivity contribution in [2.24, 2.45) is 0 Å². The molecule has 2 rings (SSSR count). The SMILES string of the molecule is O=C(c1ccc([N+](=O)[O-])[nH]1)N(CCCl)Cc1ccccc1. The normalized spacial score (nSPS) is 10.3. The van der Waals surface area contributed by atoms with E-state index in [4.69, 9.17) is 11.6 Å². The highest BCUT2D eigenvalue weighted by Crippen LogP contribution is 2.14. The number of benzene rings is 1. The molecule has 0 spiro atoms. The molecule has 7 heteroatoms. The summed E-state index contributed by atoms with van der Waals surface area (Å²) in [6.45, 7) is 0.765. The predicted octanol–water partition coefficient (Wildman–Crippen LogP) is 2.80. The molecule has 0 aliphatic rings. The van der Waals surface area contributed by atoms with E-state index < -0.39 is 4.92 Å². The predicted molar refractivity (Wildman–Crippen MR) is 79.3 cm³/mol. The van der Waals surface area contributed by atoms with Gasteiger partial charge in [0, 0.05) is 25.0 Å². The van der Waals surface area contributed by atoms with Gasteiger partial charge in [-0.05, 0) is 16.6 Å². The minimum atomic E-state index is -0.570. The first-order chi connectivity index (χ1) is 10.1. The molecule has 0 saturated heterocycles. The standard InChI is InChI=1S/C14H14ClN3O3/c15-8-9-17(10-11-4-2-1-3-5-11)14(19)12-6-7-13(16-12)18(20)21/h1-7,16H,8-10H2. The van der Waals surface area contributed by atoms with Gasteiger partial charge in [-0.1, -0.05) is 30.3 Å². The molecule has 0 saturated carbocycles. The van der Waals surface area contributed by atoms with Crippen molar-refractivity contribution in [1.82, 2.24) is 9.88 Å². The number of nitro groups is 1. The molecular formula is C14H14ClN3O3. The summed E-state index contributed by atoms with van der Waals surface area (Å²) in [5.41, 5.74) is 1.15. The van der Waals surface area contributed by atoms with Gasteiger partial charge in [0.2, 0.25) is 0 Å². The van der Waals surface area contributed by atoms with Gasteiger partial charge in [0.15, 0.2) is 5.69 Å². The maximum absolute atomic E-state index is 12.4. The van der Waals surface area contributed by atoms with Gasteiger partial charge in [-0.3, -0.25) is 4.79 Å². The molecule has 0 unspecified atom stereocenters. The van der Waals surface area contributed by atoms with Crippen LogP contribution in [0.5, 0.6) is 0 Å². The molecule has 1 aromatic heterocycles. The van der Waals surface area contributed by atoms with E-state index in [2.05, 4.69) is 4.98 Å². The number of alkyl halides is 1. The van der Waals surface area contributed by atoms with Crippen LogP contribution in [0, 0.1) is 10.1 Å². The fourth-order valence-electron chi connectivity index (χ4n) is 1.94. The van der Waals surface area contributed by atoms with Crippen molar-refractivity contribution in [2.75, 3.05) is 12.4 Å². The number of halogens is 1. The van der Waals surface area contributed by atoms with Crippen LogP contribution in [0.3, 0.4) is 0 Å². The zero-order valence-corrected chi connectivity index (χ0v) is 11.9. The molecule has 1 amide bonds. The first kappa shape index (κ1) is 15.1. The van der Waals surface area contributed by atoms with E-state index >= 15 is 0 Å². The summed E-state index contributed by atoms with van der Waals surface area (Å²) in [6.07, 6.45) is 0. The van der Waals surface area contributed by atoms with Crippen molar-refractivity contribution in [3.05, 3.63) is 63.8 Å². The average Bonchev–Trinajstić information content (AvgIpc) is 2.97. The van der Waals surface area contributed by atoms with Crippen LogP contribution < -0.4 is 0 Å². The van der Waals surface area contributed by atoms with Crippen molar-refractivity contribution >= 4 is 23.3 Å². The number of rotatable bonds is 6. The minimum absolute atomic E-state index is 0.183. The molecule has 0 atom stereocenters. The summed E-state index contributed by atoms with van der Waals surface area (Å²) in [6, 6.07) is 12.2. The summed E-state index contributed by atoms with van der Waals surface area (Å²) in [5.74, 6) is -0.224. The topological polar surface area (TPSA) is 79.2 Å². The third kappa shape index (κ3) is 3.82. The number of nitrogens with one attached hydrogen (secondary N) is 1. The molecule has 0 fully saturated rings. The lowest BCUT2D eigenvalue weighted by atomic mass is 10.2. The fraction of sp³-hybridized carbons (Fsp3) is 0.214.